The Labute approximate surface area is 131 Å². The molecule has 4 atom stereocenters. The molecule has 6 nitrogen and oxygen atoms in total. The standard InChI is InChI=1S/C16H27NO5/c1-10(2)16(20,11(3)21-4)15(19)22-9-12-5-7-17-8-6-13(18)14(12)17/h5,10-11,13-14,18,20H,6-9H2,1-4H3/t11-,13+,14+,16+/m1/s1. The summed E-state index contributed by atoms with van der Waals surface area (Å²) >= 11 is 0. The second kappa shape index (κ2) is 6.66. The van der Waals surface area contributed by atoms with Crippen molar-refractivity contribution in [3.63, 3.8) is 0 Å². The minimum Gasteiger partial charge on any atom is -0.459 e. The van der Waals surface area contributed by atoms with Gasteiger partial charge in [0.25, 0.3) is 0 Å². The topological polar surface area (TPSA) is 79.2 Å². The molecule has 0 bridgehead atoms. The van der Waals surface area contributed by atoms with Crippen LogP contribution in [0.5, 0.6) is 0 Å². The van der Waals surface area contributed by atoms with E-state index in [0.29, 0.717) is 0 Å². The first kappa shape index (κ1) is 17.4. The van der Waals surface area contributed by atoms with Crippen molar-refractivity contribution in [1.82, 2.24) is 4.90 Å². The molecule has 0 unspecified atom stereocenters. The van der Waals surface area contributed by atoms with Crippen molar-refractivity contribution in [3.05, 3.63) is 11.6 Å². The van der Waals surface area contributed by atoms with E-state index >= 15 is 0 Å². The van der Waals surface area contributed by atoms with Crippen LogP contribution in [0.4, 0.5) is 0 Å². The Kier molecular flexibility index (Phi) is 5.27. The molecule has 2 aliphatic rings. The van der Waals surface area contributed by atoms with Crippen molar-refractivity contribution in [2.75, 3.05) is 26.8 Å². The van der Waals surface area contributed by atoms with E-state index in [1.165, 1.54) is 7.11 Å². The van der Waals surface area contributed by atoms with Crippen LogP contribution in [0.15, 0.2) is 11.6 Å². The number of hydrogen-bond donors (Lipinski definition) is 2. The lowest BCUT2D eigenvalue weighted by Gasteiger charge is -2.34. The number of ether oxygens (including phenoxy) is 2. The predicted molar refractivity (Wildman–Crippen MR) is 81.3 cm³/mol. The van der Waals surface area contributed by atoms with Crippen molar-refractivity contribution >= 4 is 5.97 Å². The molecule has 22 heavy (non-hydrogen) atoms. The van der Waals surface area contributed by atoms with Crippen LogP contribution in [-0.4, -0.2) is 71.7 Å². The van der Waals surface area contributed by atoms with E-state index in [-0.39, 0.29) is 18.6 Å². The molecule has 0 aliphatic carbocycles. The summed E-state index contributed by atoms with van der Waals surface area (Å²) in [6, 6.07) is -0.0557. The Bertz CT molecular complexity index is 450. The zero-order chi connectivity index (χ0) is 16.5. The Morgan fingerprint density at radius 1 is 1.50 bits per heavy atom. The zero-order valence-electron chi connectivity index (χ0n) is 13.8. The highest BCUT2D eigenvalue weighted by atomic mass is 16.6. The molecule has 1 fully saturated rings. The van der Waals surface area contributed by atoms with E-state index in [0.717, 1.165) is 25.1 Å². The molecule has 0 radical (unpaired) electrons. The van der Waals surface area contributed by atoms with E-state index in [1.54, 1.807) is 20.8 Å². The molecular weight excluding hydrogens is 286 g/mol. The zero-order valence-corrected chi connectivity index (χ0v) is 13.8. The van der Waals surface area contributed by atoms with Crippen molar-refractivity contribution in [2.45, 2.75) is 51.0 Å². The van der Waals surface area contributed by atoms with Crippen molar-refractivity contribution in [1.29, 1.82) is 0 Å². The summed E-state index contributed by atoms with van der Waals surface area (Å²) in [4.78, 5) is 14.5. The largest absolute Gasteiger partial charge is 0.459 e. The minimum atomic E-state index is -1.68. The first-order valence-corrected chi connectivity index (χ1v) is 7.85. The van der Waals surface area contributed by atoms with Crippen LogP contribution in [0.3, 0.4) is 0 Å². The van der Waals surface area contributed by atoms with Gasteiger partial charge < -0.3 is 19.7 Å². The van der Waals surface area contributed by atoms with E-state index in [2.05, 4.69) is 4.90 Å². The van der Waals surface area contributed by atoms with Crippen LogP contribution >= 0.6 is 0 Å². The van der Waals surface area contributed by atoms with E-state index in [9.17, 15) is 15.0 Å². The summed E-state index contributed by atoms with van der Waals surface area (Å²) in [6.45, 7) is 6.90. The van der Waals surface area contributed by atoms with Gasteiger partial charge in [0.05, 0.1) is 18.2 Å². The van der Waals surface area contributed by atoms with Crippen molar-refractivity contribution < 1.29 is 24.5 Å². The Hall–Kier alpha value is -0.950. The Morgan fingerprint density at radius 3 is 2.77 bits per heavy atom. The van der Waals surface area contributed by atoms with Crippen LogP contribution in [0.1, 0.15) is 27.2 Å². The molecule has 0 aromatic heterocycles. The fourth-order valence-corrected chi connectivity index (χ4v) is 3.34. The monoisotopic (exact) mass is 313 g/mol. The third-order valence-electron chi connectivity index (χ3n) is 4.99. The number of fused-ring (bicyclic) bond motifs is 1. The van der Waals surface area contributed by atoms with E-state index < -0.39 is 23.8 Å². The van der Waals surface area contributed by atoms with Crippen LogP contribution < -0.4 is 0 Å². The number of aliphatic hydroxyl groups excluding tert-OH is 1. The van der Waals surface area contributed by atoms with Gasteiger partial charge in [-0.25, -0.2) is 4.79 Å². The summed E-state index contributed by atoms with van der Waals surface area (Å²) in [5, 5.41) is 20.7. The molecule has 0 amide bonds. The molecule has 2 N–H and O–H groups in total. The van der Waals surface area contributed by atoms with Crippen molar-refractivity contribution in [3.8, 4) is 0 Å². The molecule has 0 aromatic rings. The third-order valence-corrected chi connectivity index (χ3v) is 4.99. The molecule has 0 saturated carbocycles. The summed E-state index contributed by atoms with van der Waals surface area (Å²) in [5.74, 6) is -1.01. The van der Waals surface area contributed by atoms with Crippen LogP contribution in [0, 0.1) is 5.92 Å². The summed E-state index contributed by atoms with van der Waals surface area (Å²) < 4.78 is 10.5. The number of aliphatic hydroxyl groups is 2. The maximum absolute atomic E-state index is 12.4. The average molecular weight is 313 g/mol. The molecule has 2 rings (SSSR count). The van der Waals surface area contributed by atoms with Crippen LogP contribution in [-0.2, 0) is 14.3 Å². The molecule has 0 aromatic carbocycles. The van der Waals surface area contributed by atoms with E-state index in [1.807, 2.05) is 6.08 Å². The van der Waals surface area contributed by atoms with Crippen LogP contribution in [0.25, 0.3) is 0 Å². The number of hydrogen-bond acceptors (Lipinski definition) is 6. The normalized spacial score (nSPS) is 29.1. The fraction of sp³-hybridized carbons (Fsp3) is 0.812. The SMILES string of the molecule is CO[C@H](C)[C@](O)(C(=O)OCC1=CCN2CC[C@H](O)[C@H]12)C(C)C. The van der Waals surface area contributed by atoms with Gasteiger partial charge in [0.2, 0.25) is 0 Å². The van der Waals surface area contributed by atoms with Crippen LogP contribution in [0.2, 0.25) is 0 Å². The highest BCUT2D eigenvalue weighted by molar-refractivity contribution is 5.80. The predicted octanol–water partition coefficient (Wildman–Crippen LogP) is 0.327. The van der Waals surface area contributed by atoms with E-state index in [4.69, 9.17) is 9.47 Å². The first-order chi connectivity index (χ1) is 10.3. The number of methoxy groups -OCH3 is 1. The minimum absolute atomic E-state index is 0.0557. The summed E-state index contributed by atoms with van der Waals surface area (Å²) in [6.07, 6.45) is 1.67. The third kappa shape index (κ3) is 2.93. The average Bonchev–Trinajstić information content (AvgIpc) is 3.06. The number of esters is 1. The molecule has 2 aliphatic heterocycles. The van der Waals surface area contributed by atoms with Gasteiger partial charge in [0.1, 0.15) is 6.61 Å². The number of carbonyl (C=O) groups is 1. The van der Waals surface area contributed by atoms with Gasteiger partial charge in [-0.1, -0.05) is 19.9 Å². The number of rotatable bonds is 6. The number of carbonyl (C=O) groups excluding carboxylic acids is 1. The summed E-state index contributed by atoms with van der Waals surface area (Å²) in [5.41, 5.74) is -0.767. The Balaban J connectivity index is 2.00. The molecular formula is C16H27NO5. The van der Waals surface area contributed by atoms with Gasteiger partial charge in [-0.05, 0) is 24.8 Å². The highest BCUT2D eigenvalue weighted by Gasteiger charge is 2.47. The highest BCUT2D eigenvalue weighted by Crippen LogP contribution is 2.30. The molecule has 1 saturated heterocycles. The van der Waals surface area contributed by atoms with Gasteiger partial charge in [-0.2, -0.15) is 0 Å². The van der Waals surface area contributed by atoms with Gasteiger partial charge in [0, 0.05) is 20.2 Å². The maximum Gasteiger partial charge on any atom is 0.341 e. The smallest absolute Gasteiger partial charge is 0.341 e. The second-order valence-corrected chi connectivity index (χ2v) is 6.51. The fourth-order valence-electron chi connectivity index (χ4n) is 3.34. The molecule has 126 valence electrons. The lowest BCUT2D eigenvalue weighted by Crippen LogP contribution is -2.54. The second-order valence-electron chi connectivity index (χ2n) is 6.51. The lowest BCUT2D eigenvalue weighted by atomic mass is 9.85. The molecule has 2 heterocycles. The molecule has 0 spiro atoms. The lowest BCUT2D eigenvalue weighted by molar-refractivity contribution is -0.186. The van der Waals surface area contributed by atoms with Gasteiger partial charge in [-0.3, -0.25) is 4.90 Å². The van der Waals surface area contributed by atoms with Gasteiger partial charge >= 0.3 is 5.97 Å². The Morgan fingerprint density at radius 2 is 2.18 bits per heavy atom. The van der Waals surface area contributed by atoms with Gasteiger partial charge in [0.15, 0.2) is 5.60 Å². The summed E-state index contributed by atoms with van der Waals surface area (Å²) in [7, 11) is 1.46. The van der Waals surface area contributed by atoms with Gasteiger partial charge in [-0.15, -0.1) is 0 Å². The maximum atomic E-state index is 12.4. The van der Waals surface area contributed by atoms with Crippen molar-refractivity contribution in [2.24, 2.45) is 5.92 Å². The molecule has 6 heteroatoms. The first-order valence-electron chi connectivity index (χ1n) is 7.85. The quantitative estimate of drug-likeness (QED) is 0.543. The number of nitrogens with zero attached hydrogens (tertiary/aromatic N) is 1.